The van der Waals surface area contributed by atoms with Crippen molar-refractivity contribution < 1.29 is 39.0 Å². The first-order valence-electron chi connectivity index (χ1n) is 3.40. The Hall–Kier alpha value is -0.155. The standard InChI is InChI=1S/C7H6O2S.C2H5.Hg/c8-7(9)5-3-1-2-4-6(5)10;1-2;/h1-4,10H,(H,8,9);1H2,2H3;/q;-1;+2/p-1. The van der Waals surface area contributed by atoms with Gasteiger partial charge in [0.05, 0.1) is 5.97 Å². The van der Waals surface area contributed by atoms with Crippen LogP contribution in [-0.2, 0) is 40.3 Å². The van der Waals surface area contributed by atoms with Gasteiger partial charge in [0.15, 0.2) is 0 Å². The van der Waals surface area contributed by atoms with E-state index < -0.39 is 5.97 Å². The van der Waals surface area contributed by atoms with Crippen LogP contribution in [0.15, 0.2) is 29.2 Å². The first kappa shape index (κ1) is 15.3. The van der Waals surface area contributed by atoms with Crippen molar-refractivity contribution in [2.75, 3.05) is 0 Å². The van der Waals surface area contributed by atoms with E-state index in [4.69, 9.17) is 12.6 Å². The summed E-state index contributed by atoms with van der Waals surface area (Å²) in [7, 11) is 0. The van der Waals surface area contributed by atoms with Gasteiger partial charge in [-0.2, -0.15) is 11.8 Å². The van der Waals surface area contributed by atoms with E-state index in [1.165, 1.54) is 6.07 Å². The van der Waals surface area contributed by atoms with E-state index in [0.29, 0.717) is 4.90 Å². The molecule has 66 valence electrons. The molecule has 1 aromatic carbocycles. The van der Waals surface area contributed by atoms with E-state index in [1.54, 1.807) is 25.1 Å². The summed E-state index contributed by atoms with van der Waals surface area (Å²) >= 11 is 4.71. The molecule has 0 amide bonds. The molecule has 0 radical (unpaired) electrons. The average Bonchev–Trinajstić information content (AvgIpc) is 2.08. The number of hydrogen-bond donors (Lipinski definition) is 0. The zero-order valence-electron chi connectivity index (χ0n) is 8.45. The van der Waals surface area contributed by atoms with Gasteiger partial charge in [0, 0.05) is 0 Å². The van der Waals surface area contributed by atoms with Gasteiger partial charge in [0.25, 0.3) is 0 Å². The molecule has 1 aromatic rings. The van der Waals surface area contributed by atoms with Gasteiger partial charge in [-0.1, -0.05) is 24.3 Å². The third-order valence-corrected chi connectivity index (χ3v) is 1.46. The number of carboxylic acid groups (broad SMARTS) is 1. The summed E-state index contributed by atoms with van der Waals surface area (Å²) in [5.74, 6) is -1.22. The molecule has 4 heteroatoms. The van der Waals surface area contributed by atoms with Crippen LogP contribution in [0.2, 0.25) is 0 Å². The Morgan fingerprint density at radius 2 is 1.92 bits per heavy atom. The average molecular weight is 383 g/mol. The molecule has 0 unspecified atom stereocenters. The number of carboxylic acids is 1. The second-order valence-corrected chi connectivity index (χ2v) is 2.22. The fourth-order valence-corrected chi connectivity index (χ4v) is 0.865. The molecular weight excluding hydrogens is 373 g/mol. The summed E-state index contributed by atoms with van der Waals surface area (Å²) in [5.41, 5.74) is 0.0810. The van der Waals surface area contributed by atoms with E-state index in [-0.39, 0.29) is 34.7 Å². The molecular formula is C9H10HgO2S. The van der Waals surface area contributed by atoms with Crippen LogP contribution in [0.5, 0.6) is 0 Å². The van der Waals surface area contributed by atoms with Gasteiger partial charge in [-0.25, -0.2) is 0 Å². The van der Waals surface area contributed by atoms with Crippen LogP contribution in [0.4, 0.5) is 0 Å². The number of rotatable bonds is 1. The summed E-state index contributed by atoms with van der Waals surface area (Å²) < 4.78 is 0. The summed E-state index contributed by atoms with van der Waals surface area (Å²) in [6.45, 7) is 5.00. The van der Waals surface area contributed by atoms with Gasteiger partial charge in [-0.05, 0) is 5.56 Å². The molecule has 0 aliphatic rings. The van der Waals surface area contributed by atoms with Gasteiger partial charge >= 0.3 is 29.1 Å². The van der Waals surface area contributed by atoms with Gasteiger partial charge in [0.1, 0.15) is 0 Å². The predicted octanol–water partition coefficient (Wildman–Crippen LogP) is 0.906. The fraction of sp³-hybridized carbons (Fsp3) is 0.111. The minimum Gasteiger partial charge on any atom is -0.779 e. The summed E-state index contributed by atoms with van der Waals surface area (Å²) in [6, 6.07) is 6.29. The molecule has 0 spiro atoms. The SMILES string of the molecule is O=C([O-])c1ccccc1[S-].[CH2-]C.[H+].[Hg+2]. The maximum Gasteiger partial charge on any atom is 2.00 e. The second-order valence-electron chi connectivity index (χ2n) is 1.78. The Labute approximate surface area is 106 Å². The normalized spacial score (nSPS) is 7.54. The molecule has 0 aromatic heterocycles. The van der Waals surface area contributed by atoms with Crippen molar-refractivity contribution in [3.8, 4) is 0 Å². The third kappa shape index (κ3) is 5.21. The van der Waals surface area contributed by atoms with E-state index >= 15 is 0 Å². The Kier molecular flexibility index (Phi) is 9.95. The molecule has 0 atom stereocenters. The number of hydrogen-bond acceptors (Lipinski definition) is 3. The third-order valence-electron chi connectivity index (χ3n) is 1.11. The van der Waals surface area contributed by atoms with Crippen LogP contribution >= 0.6 is 0 Å². The van der Waals surface area contributed by atoms with Crippen molar-refractivity contribution in [3.63, 3.8) is 0 Å². The molecule has 0 heterocycles. The van der Waals surface area contributed by atoms with Crippen LogP contribution in [0, 0.1) is 6.92 Å². The van der Waals surface area contributed by atoms with Crippen molar-refractivity contribution in [2.24, 2.45) is 0 Å². The first-order valence-corrected chi connectivity index (χ1v) is 3.81. The molecule has 0 aliphatic heterocycles. The van der Waals surface area contributed by atoms with Gasteiger partial charge < -0.3 is 29.5 Å². The van der Waals surface area contributed by atoms with E-state index in [2.05, 4.69) is 6.92 Å². The maximum absolute atomic E-state index is 10.2. The van der Waals surface area contributed by atoms with Crippen LogP contribution in [0.1, 0.15) is 18.7 Å². The minimum atomic E-state index is -1.22. The molecule has 2 nitrogen and oxygen atoms in total. The van der Waals surface area contributed by atoms with Gasteiger partial charge in [0.2, 0.25) is 0 Å². The van der Waals surface area contributed by atoms with Crippen molar-refractivity contribution >= 4 is 18.6 Å². The largest absolute Gasteiger partial charge is 2.00 e. The van der Waals surface area contributed by atoms with Crippen LogP contribution in [0.25, 0.3) is 0 Å². The summed E-state index contributed by atoms with van der Waals surface area (Å²) in [6.07, 6.45) is 0. The van der Waals surface area contributed by atoms with Crippen molar-refractivity contribution in [3.05, 3.63) is 36.8 Å². The van der Waals surface area contributed by atoms with Gasteiger partial charge in [-0.15, -0.1) is 0 Å². The topological polar surface area (TPSA) is 40.1 Å². The smallest absolute Gasteiger partial charge is 0.779 e. The van der Waals surface area contributed by atoms with Crippen molar-refractivity contribution in [1.29, 1.82) is 0 Å². The molecule has 0 fully saturated rings. The Balaban J connectivity index is -0.000000284. The zero-order valence-corrected chi connectivity index (χ0v) is 13.8. The molecule has 0 saturated carbocycles. The monoisotopic (exact) mass is 384 g/mol. The molecule has 0 aliphatic carbocycles. The predicted molar refractivity (Wildman–Crippen MR) is 48.5 cm³/mol. The van der Waals surface area contributed by atoms with Crippen molar-refractivity contribution in [1.82, 2.24) is 0 Å². The number of carbonyl (C=O) groups is 1. The van der Waals surface area contributed by atoms with Crippen LogP contribution in [-0.4, -0.2) is 5.97 Å². The summed E-state index contributed by atoms with van der Waals surface area (Å²) in [4.78, 5) is 10.6. The van der Waals surface area contributed by atoms with Gasteiger partial charge in [-0.3, -0.25) is 0 Å². The van der Waals surface area contributed by atoms with Crippen LogP contribution < -0.4 is 5.11 Å². The molecule has 13 heavy (non-hydrogen) atoms. The number of benzene rings is 1. The number of aromatic carboxylic acids is 1. The Bertz CT molecular complexity index is 269. The second kappa shape index (κ2) is 8.44. The zero-order chi connectivity index (χ0) is 9.56. The van der Waals surface area contributed by atoms with E-state index in [1.807, 2.05) is 0 Å². The quantitative estimate of drug-likeness (QED) is 0.412. The minimum absolute atomic E-state index is 0. The number of carbonyl (C=O) groups excluding carboxylic acids is 1. The van der Waals surface area contributed by atoms with E-state index in [0.717, 1.165) is 0 Å². The Morgan fingerprint density at radius 3 is 2.23 bits per heavy atom. The van der Waals surface area contributed by atoms with Crippen LogP contribution in [0.3, 0.4) is 0 Å². The molecule has 0 bridgehead atoms. The molecule has 1 rings (SSSR count). The summed E-state index contributed by atoms with van der Waals surface area (Å²) in [5, 5.41) is 10.2. The van der Waals surface area contributed by atoms with E-state index in [9.17, 15) is 9.90 Å². The molecule has 0 N–H and O–H groups in total. The van der Waals surface area contributed by atoms with Crippen molar-refractivity contribution in [2.45, 2.75) is 11.8 Å². The fourth-order valence-electron chi connectivity index (χ4n) is 0.635. The Morgan fingerprint density at radius 1 is 1.46 bits per heavy atom. The maximum atomic E-state index is 10.2. The molecule has 0 saturated heterocycles. The first-order chi connectivity index (χ1) is 5.72.